The highest BCUT2D eigenvalue weighted by Crippen LogP contribution is 2.10. The first-order chi connectivity index (χ1) is 12.0. The van der Waals surface area contributed by atoms with E-state index in [4.69, 9.17) is 11.6 Å². The van der Waals surface area contributed by atoms with Crippen LogP contribution in [0.25, 0.3) is 0 Å². The summed E-state index contributed by atoms with van der Waals surface area (Å²) in [5.41, 5.74) is 5.49. The molecule has 0 saturated carbocycles. The molecule has 3 rings (SSSR count). The van der Waals surface area contributed by atoms with Gasteiger partial charge in [0.05, 0.1) is 24.1 Å². The lowest BCUT2D eigenvalue weighted by Gasteiger charge is -2.02. The van der Waals surface area contributed by atoms with Gasteiger partial charge >= 0.3 is 0 Å². The first-order valence-electron chi connectivity index (χ1n) is 7.63. The van der Waals surface area contributed by atoms with Crippen molar-refractivity contribution in [1.82, 2.24) is 25.0 Å². The van der Waals surface area contributed by atoms with Gasteiger partial charge in [-0.25, -0.2) is 5.43 Å². The molecule has 0 radical (unpaired) electrons. The summed E-state index contributed by atoms with van der Waals surface area (Å²) in [7, 11) is 1.81. The molecule has 0 atom stereocenters. The summed E-state index contributed by atoms with van der Waals surface area (Å²) in [5.74, 6) is -0.370. The van der Waals surface area contributed by atoms with Crippen LogP contribution in [0.5, 0.6) is 0 Å². The molecule has 8 heteroatoms. The summed E-state index contributed by atoms with van der Waals surface area (Å²) in [4.78, 5) is 12.1. The third-order valence-electron chi connectivity index (χ3n) is 3.53. The highest BCUT2D eigenvalue weighted by molar-refractivity contribution is 6.30. The van der Waals surface area contributed by atoms with Crippen LogP contribution in [0.2, 0.25) is 5.02 Å². The Bertz CT molecular complexity index is 910. The SMILES string of the molecule is Cc1cc(/C=N\NC(=O)c2ccn(Cc3ccc(Cl)cc3)n2)n(C)n1. The largest absolute Gasteiger partial charge is 0.291 e. The standard InChI is InChI=1S/C17H17ClN6O/c1-12-9-15(23(2)21-12)10-19-20-17(25)16-7-8-24(22-16)11-13-3-5-14(18)6-4-13/h3-10H,11H2,1-2H3,(H,20,25)/b19-10-. The fourth-order valence-electron chi connectivity index (χ4n) is 2.31. The summed E-state index contributed by atoms with van der Waals surface area (Å²) < 4.78 is 3.37. The van der Waals surface area contributed by atoms with E-state index in [1.165, 1.54) is 0 Å². The molecule has 25 heavy (non-hydrogen) atoms. The van der Waals surface area contributed by atoms with Gasteiger partial charge in [-0.3, -0.25) is 14.2 Å². The monoisotopic (exact) mass is 356 g/mol. The highest BCUT2D eigenvalue weighted by Gasteiger charge is 2.09. The van der Waals surface area contributed by atoms with Gasteiger partial charge in [-0.2, -0.15) is 15.3 Å². The van der Waals surface area contributed by atoms with E-state index in [0.29, 0.717) is 17.3 Å². The zero-order valence-electron chi connectivity index (χ0n) is 13.8. The van der Waals surface area contributed by atoms with E-state index < -0.39 is 0 Å². The Kier molecular flexibility index (Phi) is 4.95. The maximum absolute atomic E-state index is 12.1. The number of nitrogens with zero attached hydrogens (tertiary/aromatic N) is 5. The van der Waals surface area contributed by atoms with Crippen molar-refractivity contribution >= 4 is 23.7 Å². The van der Waals surface area contributed by atoms with Crippen molar-refractivity contribution in [3.8, 4) is 0 Å². The number of carbonyl (C=O) groups excluding carboxylic acids is 1. The van der Waals surface area contributed by atoms with Crippen LogP contribution in [0.4, 0.5) is 0 Å². The Balaban J connectivity index is 1.60. The lowest BCUT2D eigenvalue weighted by atomic mass is 10.2. The van der Waals surface area contributed by atoms with Crippen molar-refractivity contribution in [2.45, 2.75) is 13.5 Å². The van der Waals surface area contributed by atoms with E-state index in [1.807, 2.05) is 44.3 Å². The fourth-order valence-corrected chi connectivity index (χ4v) is 2.44. The zero-order valence-corrected chi connectivity index (χ0v) is 14.6. The second kappa shape index (κ2) is 7.31. The van der Waals surface area contributed by atoms with E-state index in [2.05, 4.69) is 20.7 Å². The summed E-state index contributed by atoms with van der Waals surface area (Å²) >= 11 is 5.87. The third-order valence-corrected chi connectivity index (χ3v) is 3.78. The van der Waals surface area contributed by atoms with Crippen LogP contribution in [0.1, 0.15) is 27.4 Å². The number of aromatic nitrogens is 4. The Morgan fingerprint density at radius 3 is 2.72 bits per heavy atom. The van der Waals surface area contributed by atoms with E-state index >= 15 is 0 Å². The van der Waals surface area contributed by atoms with Crippen LogP contribution >= 0.6 is 11.6 Å². The summed E-state index contributed by atoms with van der Waals surface area (Å²) in [5, 5.41) is 13.1. The number of hydrogen-bond acceptors (Lipinski definition) is 4. The van der Waals surface area contributed by atoms with Gasteiger partial charge in [0.15, 0.2) is 5.69 Å². The molecular formula is C17H17ClN6O. The molecule has 128 valence electrons. The smallest absolute Gasteiger partial charge is 0.268 e. The van der Waals surface area contributed by atoms with Crippen molar-refractivity contribution in [3.05, 3.63) is 70.3 Å². The molecule has 0 spiro atoms. The van der Waals surface area contributed by atoms with Crippen LogP contribution in [0.3, 0.4) is 0 Å². The summed E-state index contributed by atoms with van der Waals surface area (Å²) in [6.07, 6.45) is 3.29. The van der Waals surface area contributed by atoms with Crippen molar-refractivity contribution in [2.24, 2.45) is 12.1 Å². The third kappa shape index (κ3) is 4.33. The number of hydrazone groups is 1. The number of aryl methyl sites for hydroxylation is 2. The molecule has 7 nitrogen and oxygen atoms in total. The van der Waals surface area contributed by atoms with Gasteiger partial charge in [0.1, 0.15) is 0 Å². The van der Waals surface area contributed by atoms with Gasteiger partial charge in [0.25, 0.3) is 5.91 Å². The Hall–Kier alpha value is -2.93. The second-order valence-corrected chi connectivity index (χ2v) is 5.99. The maximum Gasteiger partial charge on any atom is 0.291 e. The Morgan fingerprint density at radius 2 is 2.04 bits per heavy atom. The average molecular weight is 357 g/mol. The zero-order chi connectivity index (χ0) is 17.8. The predicted molar refractivity (Wildman–Crippen MR) is 95.8 cm³/mol. The highest BCUT2D eigenvalue weighted by atomic mass is 35.5. The van der Waals surface area contributed by atoms with E-state index in [9.17, 15) is 4.79 Å². The number of hydrogen-bond donors (Lipinski definition) is 1. The van der Waals surface area contributed by atoms with Gasteiger partial charge in [0.2, 0.25) is 0 Å². The van der Waals surface area contributed by atoms with Crippen LogP contribution < -0.4 is 5.43 Å². The number of amides is 1. The van der Waals surface area contributed by atoms with Crippen LogP contribution in [-0.2, 0) is 13.6 Å². The van der Waals surface area contributed by atoms with Gasteiger partial charge in [-0.05, 0) is 36.8 Å². The lowest BCUT2D eigenvalue weighted by molar-refractivity contribution is 0.0949. The molecule has 1 N–H and O–H groups in total. The summed E-state index contributed by atoms with van der Waals surface area (Å²) in [6.45, 7) is 2.45. The van der Waals surface area contributed by atoms with Crippen LogP contribution in [-0.4, -0.2) is 31.7 Å². The van der Waals surface area contributed by atoms with Crippen molar-refractivity contribution in [3.63, 3.8) is 0 Å². The summed E-state index contributed by atoms with van der Waals surface area (Å²) in [6, 6.07) is 11.0. The minimum absolute atomic E-state index is 0.298. The molecule has 1 amide bonds. The molecule has 2 aromatic heterocycles. The Labute approximate surface area is 149 Å². The molecular weight excluding hydrogens is 340 g/mol. The fraction of sp³-hybridized carbons (Fsp3) is 0.176. The first-order valence-corrected chi connectivity index (χ1v) is 8.01. The lowest BCUT2D eigenvalue weighted by Crippen LogP contribution is -2.19. The quantitative estimate of drug-likeness (QED) is 0.563. The first kappa shape index (κ1) is 16.9. The topological polar surface area (TPSA) is 77.1 Å². The molecule has 0 unspecified atom stereocenters. The molecule has 0 saturated heterocycles. The van der Waals surface area contributed by atoms with Gasteiger partial charge in [-0.1, -0.05) is 23.7 Å². The molecule has 0 fully saturated rings. The molecule has 0 aliphatic rings. The van der Waals surface area contributed by atoms with Crippen molar-refractivity contribution in [2.75, 3.05) is 0 Å². The van der Waals surface area contributed by atoms with E-state index in [0.717, 1.165) is 17.0 Å². The van der Waals surface area contributed by atoms with Gasteiger partial charge < -0.3 is 0 Å². The van der Waals surface area contributed by atoms with Crippen LogP contribution in [0.15, 0.2) is 47.7 Å². The molecule has 1 aromatic carbocycles. The number of benzene rings is 1. The number of halogens is 1. The Morgan fingerprint density at radius 1 is 1.28 bits per heavy atom. The minimum Gasteiger partial charge on any atom is -0.268 e. The van der Waals surface area contributed by atoms with Crippen molar-refractivity contribution < 1.29 is 4.79 Å². The second-order valence-electron chi connectivity index (χ2n) is 5.56. The van der Waals surface area contributed by atoms with Gasteiger partial charge in [0, 0.05) is 18.3 Å². The molecule has 0 aliphatic carbocycles. The van der Waals surface area contributed by atoms with Gasteiger partial charge in [-0.15, -0.1) is 0 Å². The maximum atomic E-state index is 12.1. The molecule has 0 aliphatic heterocycles. The molecule has 3 aromatic rings. The normalized spacial score (nSPS) is 11.2. The molecule has 0 bridgehead atoms. The molecule has 2 heterocycles. The predicted octanol–water partition coefficient (Wildman–Crippen LogP) is 2.39. The van der Waals surface area contributed by atoms with E-state index in [1.54, 1.807) is 27.8 Å². The van der Waals surface area contributed by atoms with Crippen LogP contribution in [0, 0.1) is 6.92 Å². The number of carbonyl (C=O) groups is 1. The average Bonchev–Trinajstić information content (AvgIpc) is 3.16. The van der Waals surface area contributed by atoms with E-state index in [-0.39, 0.29) is 5.91 Å². The number of rotatable bonds is 5. The number of nitrogens with one attached hydrogen (secondary N) is 1. The van der Waals surface area contributed by atoms with Crippen molar-refractivity contribution in [1.29, 1.82) is 0 Å². The minimum atomic E-state index is -0.370.